The maximum absolute atomic E-state index is 12.0. The van der Waals surface area contributed by atoms with Gasteiger partial charge in [0, 0.05) is 13.1 Å². The molecule has 0 unspecified atom stereocenters. The minimum Gasteiger partial charge on any atom is -0.469 e. The van der Waals surface area contributed by atoms with Gasteiger partial charge in [-0.15, -0.1) is 0 Å². The molecule has 0 saturated carbocycles. The number of ether oxygens (including phenoxy) is 1. The number of piperidine rings is 1. The Morgan fingerprint density at radius 3 is 2.84 bits per heavy atom. The highest BCUT2D eigenvalue weighted by Gasteiger charge is 2.27. The SMILES string of the molecule is COC(=O)C1CCN(C(=O)CSc2ncn[nH]2)CC1. The van der Waals surface area contributed by atoms with Crippen LogP contribution in [-0.2, 0) is 14.3 Å². The lowest BCUT2D eigenvalue weighted by Crippen LogP contribution is -2.41. The molecule has 7 nitrogen and oxygen atoms in total. The molecular formula is C11H16N4O3S. The van der Waals surface area contributed by atoms with Crippen LogP contribution in [0.15, 0.2) is 11.5 Å². The van der Waals surface area contributed by atoms with Gasteiger partial charge in [0.2, 0.25) is 5.91 Å². The smallest absolute Gasteiger partial charge is 0.308 e. The van der Waals surface area contributed by atoms with Crippen LogP contribution in [0.1, 0.15) is 12.8 Å². The Morgan fingerprint density at radius 1 is 1.53 bits per heavy atom. The summed E-state index contributed by atoms with van der Waals surface area (Å²) < 4.78 is 4.72. The molecule has 1 aliphatic rings. The van der Waals surface area contributed by atoms with E-state index in [0.29, 0.717) is 36.8 Å². The standard InChI is InChI=1S/C11H16N4O3S/c1-18-10(17)8-2-4-15(5-3-8)9(16)6-19-11-12-7-13-14-11/h7-8H,2-6H2,1H3,(H,12,13,14). The second-order valence-corrected chi connectivity index (χ2v) is 5.22. The molecule has 0 atom stereocenters. The number of methoxy groups -OCH3 is 1. The first-order chi connectivity index (χ1) is 9.20. The molecule has 1 saturated heterocycles. The van der Waals surface area contributed by atoms with E-state index in [-0.39, 0.29) is 17.8 Å². The molecule has 0 aromatic carbocycles. The first-order valence-electron chi connectivity index (χ1n) is 6.04. The van der Waals surface area contributed by atoms with E-state index >= 15 is 0 Å². The number of aromatic amines is 1. The summed E-state index contributed by atoms with van der Waals surface area (Å²) >= 11 is 1.33. The van der Waals surface area contributed by atoms with Gasteiger partial charge in [-0.05, 0) is 12.8 Å². The van der Waals surface area contributed by atoms with E-state index in [4.69, 9.17) is 4.74 Å². The zero-order valence-corrected chi connectivity index (χ0v) is 11.5. The Morgan fingerprint density at radius 2 is 2.26 bits per heavy atom. The van der Waals surface area contributed by atoms with Gasteiger partial charge >= 0.3 is 5.97 Å². The van der Waals surface area contributed by atoms with E-state index in [2.05, 4.69) is 15.2 Å². The van der Waals surface area contributed by atoms with Gasteiger partial charge in [-0.3, -0.25) is 14.7 Å². The maximum atomic E-state index is 12.0. The van der Waals surface area contributed by atoms with E-state index in [0.717, 1.165) is 0 Å². The van der Waals surface area contributed by atoms with Gasteiger partial charge in [-0.25, -0.2) is 4.98 Å². The summed E-state index contributed by atoms with van der Waals surface area (Å²) in [5, 5.41) is 7.05. The molecule has 2 heterocycles. The van der Waals surface area contributed by atoms with E-state index in [9.17, 15) is 9.59 Å². The average molecular weight is 284 g/mol. The van der Waals surface area contributed by atoms with Crippen molar-refractivity contribution in [2.24, 2.45) is 5.92 Å². The number of likely N-dealkylation sites (tertiary alicyclic amines) is 1. The van der Waals surface area contributed by atoms with Crippen molar-refractivity contribution in [3.05, 3.63) is 6.33 Å². The van der Waals surface area contributed by atoms with E-state index < -0.39 is 0 Å². The second kappa shape index (κ2) is 6.55. The largest absolute Gasteiger partial charge is 0.469 e. The van der Waals surface area contributed by atoms with Crippen molar-refractivity contribution in [1.82, 2.24) is 20.1 Å². The first-order valence-corrected chi connectivity index (χ1v) is 7.03. The van der Waals surface area contributed by atoms with Crippen molar-refractivity contribution in [3.8, 4) is 0 Å². The van der Waals surface area contributed by atoms with Gasteiger partial charge in [-0.2, -0.15) is 5.10 Å². The number of nitrogens with zero attached hydrogens (tertiary/aromatic N) is 3. The fourth-order valence-corrected chi connectivity index (χ4v) is 2.70. The molecule has 0 bridgehead atoms. The molecule has 1 N–H and O–H groups in total. The summed E-state index contributed by atoms with van der Waals surface area (Å²) in [6.07, 6.45) is 2.76. The zero-order chi connectivity index (χ0) is 13.7. The number of H-pyrrole nitrogens is 1. The molecule has 19 heavy (non-hydrogen) atoms. The van der Waals surface area contributed by atoms with E-state index in [1.807, 2.05) is 0 Å². The third-order valence-electron chi connectivity index (χ3n) is 3.11. The van der Waals surface area contributed by atoms with Crippen molar-refractivity contribution in [2.45, 2.75) is 18.0 Å². The minimum absolute atomic E-state index is 0.0599. The van der Waals surface area contributed by atoms with E-state index in [1.165, 1.54) is 25.2 Å². The highest BCUT2D eigenvalue weighted by molar-refractivity contribution is 7.99. The van der Waals surface area contributed by atoms with Gasteiger partial charge < -0.3 is 9.64 Å². The number of hydrogen-bond acceptors (Lipinski definition) is 6. The Hall–Kier alpha value is -1.57. The monoisotopic (exact) mass is 284 g/mol. The number of nitrogens with one attached hydrogen (secondary N) is 1. The number of carbonyl (C=O) groups is 2. The normalized spacial score (nSPS) is 16.4. The number of carbonyl (C=O) groups excluding carboxylic acids is 2. The molecule has 1 aromatic rings. The summed E-state index contributed by atoms with van der Waals surface area (Å²) in [5.41, 5.74) is 0. The Balaban J connectivity index is 1.74. The summed E-state index contributed by atoms with van der Waals surface area (Å²) in [4.78, 5) is 29.1. The number of hydrogen-bond donors (Lipinski definition) is 1. The van der Waals surface area contributed by atoms with Crippen molar-refractivity contribution in [2.75, 3.05) is 26.0 Å². The van der Waals surface area contributed by atoms with Gasteiger partial charge in [0.25, 0.3) is 0 Å². The third kappa shape index (κ3) is 3.69. The molecule has 0 spiro atoms. The Kier molecular flexibility index (Phi) is 4.78. The van der Waals surface area contributed by atoms with Crippen molar-refractivity contribution in [1.29, 1.82) is 0 Å². The van der Waals surface area contributed by atoms with Gasteiger partial charge in [-0.1, -0.05) is 11.8 Å². The van der Waals surface area contributed by atoms with Crippen molar-refractivity contribution < 1.29 is 14.3 Å². The predicted molar refractivity (Wildman–Crippen MR) is 68.4 cm³/mol. The summed E-state index contributed by atoms with van der Waals surface area (Å²) in [5.74, 6) is 0.141. The van der Waals surface area contributed by atoms with Gasteiger partial charge in [0.05, 0.1) is 18.8 Å². The first kappa shape index (κ1) is 13.9. The molecular weight excluding hydrogens is 268 g/mol. The van der Waals surface area contributed by atoms with Crippen LogP contribution in [0, 0.1) is 5.92 Å². The van der Waals surface area contributed by atoms with Gasteiger partial charge in [0.15, 0.2) is 5.16 Å². The van der Waals surface area contributed by atoms with Crippen molar-refractivity contribution >= 4 is 23.6 Å². The molecule has 8 heteroatoms. The zero-order valence-electron chi connectivity index (χ0n) is 10.7. The number of esters is 1. The highest BCUT2D eigenvalue weighted by Crippen LogP contribution is 2.20. The van der Waals surface area contributed by atoms with Gasteiger partial charge in [0.1, 0.15) is 6.33 Å². The van der Waals surface area contributed by atoms with Crippen LogP contribution >= 0.6 is 11.8 Å². The fourth-order valence-electron chi connectivity index (χ4n) is 2.02. The number of aromatic nitrogens is 3. The van der Waals surface area contributed by atoms with E-state index in [1.54, 1.807) is 4.90 Å². The molecule has 104 valence electrons. The third-order valence-corrected chi connectivity index (χ3v) is 3.97. The molecule has 2 rings (SSSR count). The Bertz CT molecular complexity index is 429. The predicted octanol–water partition coefficient (Wildman–Crippen LogP) is 0.308. The average Bonchev–Trinajstić information content (AvgIpc) is 2.97. The lowest BCUT2D eigenvalue weighted by molar-refractivity contribution is -0.148. The quantitative estimate of drug-likeness (QED) is 0.632. The highest BCUT2D eigenvalue weighted by atomic mass is 32.2. The molecule has 1 aliphatic heterocycles. The molecule has 1 aromatic heterocycles. The summed E-state index contributed by atoms with van der Waals surface area (Å²) in [6.45, 7) is 1.21. The van der Waals surface area contributed by atoms with Crippen LogP contribution < -0.4 is 0 Å². The lowest BCUT2D eigenvalue weighted by Gasteiger charge is -2.30. The fraction of sp³-hybridized carbons (Fsp3) is 0.636. The Labute approximate surface area is 115 Å². The molecule has 0 aliphatic carbocycles. The van der Waals surface area contributed by atoms with Crippen LogP contribution in [0.3, 0.4) is 0 Å². The van der Waals surface area contributed by atoms with Crippen LogP contribution in [0.25, 0.3) is 0 Å². The second-order valence-electron chi connectivity index (χ2n) is 4.26. The number of thioether (sulfide) groups is 1. The topological polar surface area (TPSA) is 88.2 Å². The van der Waals surface area contributed by atoms with Crippen LogP contribution in [0.2, 0.25) is 0 Å². The number of amides is 1. The maximum Gasteiger partial charge on any atom is 0.308 e. The van der Waals surface area contributed by atoms with Crippen LogP contribution in [0.5, 0.6) is 0 Å². The lowest BCUT2D eigenvalue weighted by atomic mass is 9.97. The molecule has 1 amide bonds. The molecule has 0 radical (unpaired) electrons. The van der Waals surface area contributed by atoms with Crippen molar-refractivity contribution in [3.63, 3.8) is 0 Å². The summed E-state index contributed by atoms with van der Waals surface area (Å²) in [6, 6.07) is 0. The van der Waals surface area contributed by atoms with Crippen LogP contribution in [0.4, 0.5) is 0 Å². The minimum atomic E-state index is -0.178. The summed E-state index contributed by atoms with van der Waals surface area (Å²) in [7, 11) is 1.40. The van der Waals surface area contributed by atoms with Crippen LogP contribution in [-0.4, -0.2) is 57.9 Å². The molecule has 1 fully saturated rings. The number of rotatable bonds is 4.